The number of hydrogen-bond donors (Lipinski definition) is 2. The van der Waals surface area contributed by atoms with Gasteiger partial charge in [-0.05, 0) is 24.4 Å². The van der Waals surface area contributed by atoms with E-state index in [-0.39, 0.29) is 0 Å². The van der Waals surface area contributed by atoms with Crippen LogP contribution in [0.15, 0.2) is 48.6 Å². The quantitative estimate of drug-likeness (QED) is 0.502. The highest BCUT2D eigenvalue weighted by Gasteiger charge is 2.30. The van der Waals surface area contributed by atoms with Gasteiger partial charge in [0.2, 0.25) is 0 Å². The normalized spacial score (nSPS) is 15.7. The predicted octanol–water partition coefficient (Wildman–Crippen LogP) is 2.92. The summed E-state index contributed by atoms with van der Waals surface area (Å²) >= 11 is 5.06. The number of carbonyl (C=O) groups excluding carboxylic acids is 1. The summed E-state index contributed by atoms with van der Waals surface area (Å²) in [6.45, 7) is 3.40. The maximum Gasteiger partial charge on any atom is 0.252 e. The van der Waals surface area contributed by atoms with Gasteiger partial charge >= 0.3 is 0 Å². The molecule has 1 aliphatic rings. The van der Waals surface area contributed by atoms with Gasteiger partial charge in [-0.3, -0.25) is 9.52 Å². The second-order valence-corrected chi connectivity index (χ2v) is 8.86. The molecule has 0 saturated heterocycles. The minimum absolute atomic E-state index is 0.315. The molecular formula is C20H24ClN4O2PS. The predicted molar refractivity (Wildman–Crippen MR) is 124 cm³/mol. The second-order valence-electron chi connectivity index (χ2n) is 6.59. The van der Waals surface area contributed by atoms with Gasteiger partial charge in [-0.1, -0.05) is 48.0 Å². The van der Waals surface area contributed by atoms with Crippen LogP contribution in [0.4, 0.5) is 5.69 Å². The van der Waals surface area contributed by atoms with E-state index in [0.29, 0.717) is 42.3 Å². The maximum absolute atomic E-state index is 12.8. The third-order valence-electron chi connectivity index (χ3n) is 4.66. The summed E-state index contributed by atoms with van der Waals surface area (Å²) in [6.07, 6.45) is 8.39. The number of nitrogens with zero attached hydrogens (tertiary/aromatic N) is 2. The Hall–Kier alpha value is -1.92. The lowest BCUT2D eigenvalue weighted by molar-refractivity contribution is 0.0998. The monoisotopic (exact) mass is 450 g/mol. The molecule has 0 aliphatic carbocycles. The smallest absolute Gasteiger partial charge is 0.252 e. The van der Waals surface area contributed by atoms with Gasteiger partial charge in [-0.25, -0.2) is 4.21 Å². The van der Waals surface area contributed by atoms with Crippen LogP contribution in [0.25, 0.3) is 0 Å². The van der Waals surface area contributed by atoms with E-state index in [9.17, 15) is 9.00 Å². The van der Waals surface area contributed by atoms with Crippen LogP contribution in [-0.2, 0) is 30.7 Å². The summed E-state index contributed by atoms with van der Waals surface area (Å²) in [5.74, 6) is -0.570. The Labute approximate surface area is 180 Å². The van der Waals surface area contributed by atoms with Crippen molar-refractivity contribution in [1.82, 2.24) is 8.87 Å². The summed E-state index contributed by atoms with van der Waals surface area (Å²) in [6, 6.07) is 7.58. The lowest BCUT2D eigenvalue weighted by Crippen LogP contribution is -2.38. The summed E-state index contributed by atoms with van der Waals surface area (Å²) in [7, 11) is 2.61. The van der Waals surface area contributed by atoms with Gasteiger partial charge in [0.1, 0.15) is 0 Å². The molecular weight excluding hydrogens is 427 g/mol. The molecule has 0 radical (unpaired) electrons. The van der Waals surface area contributed by atoms with Crippen LogP contribution in [-0.4, -0.2) is 25.5 Å². The number of aromatic nitrogens is 1. The molecule has 2 aromatic rings. The molecule has 2 heterocycles. The SMILES string of the molecule is C/C=C\C=C/Cc1c(Cl)c(C(N)=O)c2n1CCN(S(=O)Nc1ccc(P)cc1)C2. The third kappa shape index (κ3) is 4.98. The van der Waals surface area contributed by atoms with Gasteiger partial charge in [0.25, 0.3) is 5.91 Å². The van der Waals surface area contributed by atoms with Crippen LogP contribution in [0, 0.1) is 0 Å². The molecule has 3 rings (SSSR count). The van der Waals surface area contributed by atoms with Crippen molar-refractivity contribution in [3.05, 3.63) is 70.5 Å². The van der Waals surface area contributed by atoms with E-state index in [1.165, 1.54) is 0 Å². The van der Waals surface area contributed by atoms with Crippen molar-refractivity contribution in [2.24, 2.45) is 5.73 Å². The summed E-state index contributed by atoms with van der Waals surface area (Å²) in [5.41, 5.74) is 8.25. The molecule has 0 bridgehead atoms. The first-order valence-electron chi connectivity index (χ1n) is 9.18. The van der Waals surface area contributed by atoms with E-state index < -0.39 is 17.1 Å². The number of rotatable bonds is 7. The maximum atomic E-state index is 12.8. The fourth-order valence-corrected chi connectivity index (χ4v) is 4.78. The number of benzene rings is 1. The number of nitrogens with one attached hydrogen (secondary N) is 1. The zero-order valence-electron chi connectivity index (χ0n) is 16.1. The van der Waals surface area contributed by atoms with Gasteiger partial charge in [0.15, 0.2) is 11.2 Å². The highest BCUT2D eigenvalue weighted by molar-refractivity contribution is 7.84. The molecule has 29 heavy (non-hydrogen) atoms. The van der Waals surface area contributed by atoms with Crippen molar-refractivity contribution in [2.45, 2.75) is 26.4 Å². The summed E-state index contributed by atoms with van der Waals surface area (Å²) in [5, 5.41) is 1.43. The molecule has 2 unspecified atom stereocenters. The van der Waals surface area contributed by atoms with E-state index in [1.54, 1.807) is 4.31 Å². The van der Waals surface area contributed by atoms with Crippen LogP contribution in [0.5, 0.6) is 0 Å². The standard InChI is InChI=1S/C20H24ClN4O2PS/c1-2-3-4-5-6-16-19(21)18(20(22)26)17-13-24(11-12-25(16)17)29(27)23-14-7-9-15(28)10-8-14/h2-5,7-10,23H,6,11-13,28H2,1H3,(H2,22,26)/b3-2-,5-4-. The van der Waals surface area contributed by atoms with Crippen molar-refractivity contribution in [2.75, 3.05) is 11.3 Å². The number of allylic oxidation sites excluding steroid dienone is 4. The van der Waals surface area contributed by atoms with Crippen LogP contribution in [0.3, 0.4) is 0 Å². The average Bonchev–Trinajstić information content (AvgIpc) is 2.97. The number of fused-ring (bicyclic) bond motifs is 1. The summed E-state index contributed by atoms with van der Waals surface area (Å²) in [4.78, 5) is 12.1. The average molecular weight is 451 g/mol. The molecule has 9 heteroatoms. The van der Waals surface area contributed by atoms with E-state index in [1.807, 2.05) is 60.1 Å². The second kappa shape index (κ2) is 9.72. The molecule has 3 N–H and O–H groups in total. The van der Waals surface area contributed by atoms with Crippen LogP contribution >= 0.6 is 20.8 Å². The largest absolute Gasteiger partial charge is 0.365 e. The van der Waals surface area contributed by atoms with Crippen LogP contribution < -0.4 is 15.8 Å². The van der Waals surface area contributed by atoms with Gasteiger partial charge in [-0.15, -0.1) is 9.24 Å². The Balaban J connectivity index is 1.83. The lowest BCUT2D eigenvalue weighted by atomic mass is 10.2. The number of nitrogens with two attached hydrogens (primary N) is 1. The van der Waals surface area contributed by atoms with Crippen molar-refractivity contribution in [3.8, 4) is 0 Å². The molecule has 2 atom stereocenters. The molecule has 1 aliphatic heterocycles. The lowest BCUT2D eigenvalue weighted by Gasteiger charge is -2.28. The molecule has 6 nitrogen and oxygen atoms in total. The van der Waals surface area contributed by atoms with Crippen molar-refractivity contribution in [3.63, 3.8) is 0 Å². The van der Waals surface area contributed by atoms with Crippen LogP contribution in [0.1, 0.15) is 28.7 Å². The highest BCUT2D eigenvalue weighted by atomic mass is 35.5. The molecule has 0 saturated carbocycles. The van der Waals surface area contributed by atoms with E-state index in [2.05, 4.69) is 14.0 Å². The van der Waals surface area contributed by atoms with Crippen molar-refractivity contribution < 1.29 is 9.00 Å². The summed E-state index contributed by atoms with van der Waals surface area (Å²) < 4.78 is 19.6. The zero-order chi connectivity index (χ0) is 21.0. The third-order valence-corrected chi connectivity index (χ3v) is 6.64. The number of carbonyl (C=O) groups is 1. The Morgan fingerprint density at radius 1 is 1.31 bits per heavy atom. The first kappa shape index (κ1) is 21.8. The Kier molecular flexibility index (Phi) is 7.30. The topological polar surface area (TPSA) is 80.4 Å². The van der Waals surface area contributed by atoms with Gasteiger partial charge in [0.05, 0.1) is 17.1 Å². The fraction of sp³-hybridized carbons (Fsp3) is 0.250. The Morgan fingerprint density at radius 3 is 2.69 bits per heavy atom. The first-order chi connectivity index (χ1) is 13.9. The first-order valence-corrected chi connectivity index (χ1v) is 11.2. The Bertz CT molecular complexity index is 985. The van der Waals surface area contributed by atoms with Gasteiger partial charge < -0.3 is 10.3 Å². The number of primary amides is 1. The van der Waals surface area contributed by atoms with E-state index in [0.717, 1.165) is 16.7 Å². The minimum Gasteiger partial charge on any atom is -0.365 e. The fourth-order valence-electron chi connectivity index (χ4n) is 3.26. The number of halogens is 1. The van der Waals surface area contributed by atoms with Crippen LogP contribution in [0.2, 0.25) is 5.02 Å². The van der Waals surface area contributed by atoms with Gasteiger partial charge in [-0.2, -0.15) is 4.31 Å². The minimum atomic E-state index is -1.45. The molecule has 1 aromatic carbocycles. The highest BCUT2D eigenvalue weighted by Crippen LogP contribution is 2.32. The molecule has 1 aromatic heterocycles. The van der Waals surface area contributed by atoms with Crippen molar-refractivity contribution in [1.29, 1.82) is 0 Å². The molecule has 0 fully saturated rings. The van der Waals surface area contributed by atoms with Gasteiger partial charge in [0, 0.05) is 36.6 Å². The molecule has 154 valence electrons. The van der Waals surface area contributed by atoms with E-state index >= 15 is 0 Å². The van der Waals surface area contributed by atoms with Crippen molar-refractivity contribution >= 4 is 48.9 Å². The Morgan fingerprint density at radius 2 is 2.03 bits per heavy atom. The number of hydrogen-bond acceptors (Lipinski definition) is 2. The number of amides is 1. The zero-order valence-corrected chi connectivity index (χ0v) is 18.8. The molecule has 0 spiro atoms. The molecule has 1 amide bonds. The van der Waals surface area contributed by atoms with E-state index in [4.69, 9.17) is 17.3 Å². The number of anilines is 1.